The number of ether oxygens (including phenoxy) is 1. The van der Waals surface area contributed by atoms with Crippen LogP contribution in [-0.4, -0.2) is 30.1 Å². The van der Waals surface area contributed by atoms with Crippen LogP contribution < -0.4 is 4.90 Å². The molecule has 2 rings (SSSR count). The van der Waals surface area contributed by atoms with Crippen molar-refractivity contribution in [2.75, 3.05) is 18.0 Å². The van der Waals surface area contributed by atoms with Crippen molar-refractivity contribution in [3.8, 4) is 0 Å². The van der Waals surface area contributed by atoms with Crippen LogP contribution in [0.1, 0.15) is 25.5 Å². The van der Waals surface area contributed by atoms with Crippen LogP contribution in [0.25, 0.3) is 0 Å². The molecule has 0 atom stereocenters. The molecule has 1 aromatic rings. The van der Waals surface area contributed by atoms with Crippen molar-refractivity contribution in [2.24, 2.45) is 0 Å². The summed E-state index contributed by atoms with van der Waals surface area (Å²) in [6.07, 6.45) is 1.81. The van der Waals surface area contributed by atoms with Gasteiger partial charge in [-0.05, 0) is 35.0 Å². The maximum Gasteiger partial charge on any atom is 0.302 e. The van der Waals surface area contributed by atoms with E-state index in [1.54, 1.807) is 0 Å². The molecule has 98 valence electrons. The van der Waals surface area contributed by atoms with E-state index in [0.717, 1.165) is 41.9 Å². The van der Waals surface area contributed by atoms with Crippen molar-refractivity contribution in [1.29, 1.82) is 0 Å². The van der Waals surface area contributed by atoms with Crippen molar-refractivity contribution in [3.63, 3.8) is 0 Å². The third kappa shape index (κ3) is 3.22. The molecule has 18 heavy (non-hydrogen) atoms. The number of carbonyl (C=O) groups excluding carboxylic acids is 1. The van der Waals surface area contributed by atoms with Gasteiger partial charge in [0.15, 0.2) is 0 Å². The molecule has 5 heteroatoms. The van der Waals surface area contributed by atoms with Crippen LogP contribution in [0.3, 0.4) is 0 Å². The number of nitrogens with zero attached hydrogens (tertiary/aromatic N) is 2. The van der Waals surface area contributed by atoms with E-state index >= 15 is 0 Å². The van der Waals surface area contributed by atoms with Crippen molar-refractivity contribution in [3.05, 3.63) is 22.3 Å². The predicted octanol–water partition coefficient (Wildman–Crippen LogP) is 2.68. The number of piperidine rings is 1. The first-order valence-electron chi connectivity index (χ1n) is 6.11. The SMILES string of the molecule is CC(=O)OC1CCN(c2ccc(Br)c(C)n2)CC1. The van der Waals surface area contributed by atoms with Gasteiger partial charge >= 0.3 is 5.97 Å². The molecule has 1 fully saturated rings. The van der Waals surface area contributed by atoms with Crippen LogP contribution in [-0.2, 0) is 9.53 Å². The normalized spacial score (nSPS) is 16.7. The minimum Gasteiger partial charge on any atom is -0.462 e. The second-order valence-electron chi connectivity index (χ2n) is 4.53. The van der Waals surface area contributed by atoms with E-state index in [2.05, 4.69) is 25.8 Å². The number of esters is 1. The lowest BCUT2D eigenvalue weighted by molar-refractivity contribution is -0.147. The molecule has 0 unspecified atom stereocenters. The molecular formula is C13H17BrN2O2. The molecule has 0 amide bonds. The molecule has 4 nitrogen and oxygen atoms in total. The fraction of sp³-hybridized carbons (Fsp3) is 0.538. The average Bonchev–Trinajstić information content (AvgIpc) is 2.33. The fourth-order valence-corrected chi connectivity index (χ4v) is 2.37. The van der Waals surface area contributed by atoms with Crippen LogP contribution in [0, 0.1) is 6.92 Å². The Morgan fingerprint density at radius 3 is 2.67 bits per heavy atom. The summed E-state index contributed by atoms with van der Waals surface area (Å²) in [4.78, 5) is 17.7. The summed E-state index contributed by atoms with van der Waals surface area (Å²) in [7, 11) is 0. The highest BCUT2D eigenvalue weighted by Gasteiger charge is 2.22. The van der Waals surface area contributed by atoms with E-state index in [0.29, 0.717) is 0 Å². The zero-order valence-corrected chi connectivity index (χ0v) is 12.2. The van der Waals surface area contributed by atoms with E-state index in [9.17, 15) is 4.79 Å². The van der Waals surface area contributed by atoms with Crippen LogP contribution in [0.4, 0.5) is 5.82 Å². The minimum atomic E-state index is -0.189. The van der Waals surface area contributed by atoms with E-state index in [1.165, 1.54) is 6.92 Å². The summed E-state index contributed by atoms with van der Waals surface area (Å²) in [5, 5.41) is 0. The molecule has 0 N–H and O–H groups in total. The summed E-state index contributed by atoms with van der Waals surface area (Å²) in [5.74, 6) is 0.808. The summed E-state index contributed by atoms with van der Waals surface area (Å²) in [6, 6.07) is 4.04. The third-order valence-corrected chi connectivity index (χ3v) is 3.94. The van der Waals surface area contributed by atoms with Crippen LogP contribution in [0.2, 0.25) is 0 Å². The third-order valence-electron chi connectivity index (χ3n) is 3.11. The smallest absolute Gasteiger partial charge is 0.302 e. The van der Waals surface area contributed by atoms with E-state index in [-0.39, 0.29) is 12.1 Å². The number of hydrogen-bond acceptors (Lipinski definition) is 4. The first-order chi connectivity index (χ1) is 8.56. The monoisotopic (exact) mass is 312 g/mol. The molecule has 1 saturated heterocycles. The van der Waals surface area contributed by atoms with Gasteiger partial charge in [0.05, 0.1) is 5.69 Å². The molecule has 0 bridgehead atoms. The number of hydrogen-bond donors (Lipinski definition) is 0. The number of rotatable bonds is 2. The Morgan fingerprint density at radius 2 is 2.11 bits per heavy atom. The minimum absolute atomic E-state index is 0.0651. The molecule has 0 aliphatic carbocycles. The van der Waals surface area contributed by atoms with E-state index in [4.69, 9.17) is 4.74 Å². The molecule has 0 spiro atoms. The van der Waals surface area contributed by atoms with Gasteiger partial charge in [0.25, 0.3) is 0 Å². The van der Waals surface area contributed by atoms with Crippen molar-refractivity contribution < 1.29 is 9.53 Å². The Morgan fingerprint density at radius 1 is 1.44 bits per heavy atom. The Hall–Kier alpha value is -1.10. The predicted molar refractivity (Wildman–Crippen MR) is 73.7 cm³/mol. The van der Waals surface area contributed by atoms with Gasteiger partial charge in [0.1, 0.15) is 11.9 Å². The first-order valence-corrected chi connectivity index (χ1v) is 6.91. The highest BCUT2D eigenvalue weighted by Crippen LogP contribution is 2.23. The van der Waals surface area contributed by atoms with Crippen LogP contribution in [0.5, 0.6) is 0 Å². The zero-order chi connectivity index (χ0) is 13.1. The maximum absolute atomic E-state index is 10.9. The standard InChI is InChI=1S/C13H17BrN2O2/c1-9-12(14)3-4-13(15-9)16-7-5-11(6-8-16)18-10(2)17/h3-4,11H,5-8H2,1-2H3. The second-order valence-corrected chi connectivity index (χ2v) is 5.39. The average molecular weight is 313 g/mol. The van der Waals surface area contributed by atoms with Gasteiger partial charge in [0.2, 0.25) is 0 Å². The Bertz CT molecular complexity index is 443. The van der Waals surface area contributed by atoms with Crippen molar-refractivity contribution in [2.45, 2.75) is 32.8 Å². The lowest BCUT2D eigenvalue weighted by Crippen LogP contribution is -2.38. The summed E-state index contributed by atoms with van der Waals surface area (Å²) in [5.41, 5.74) is 0.995. The molecular weight excluding hydrogens is 296 g/mol. The Kier molecular flexibility index (Phi) is 4.22. The lowest BCUT2D eigenvalue weighted by Gasteiger charge is -2.32. The Labute approximate surface area is 115 Å². The van der Waals surface area contributed by atoms with Crippen molar-refractivity contribution >= 4 is 27.7 Å². The number of aryl methyl sites for hydroxylation is 1. The lowest BCUT2D eigenvalue weighted by atomic mass is 10.1. The molecule has 0 aromatic carbocycles. The summed E-state index contributed by atoms with van der Waals surface area (Å²) in [6.45, 7) is 5.21. The highest BCUT2D eigenvalue weighted by molar-refractivity contribution is 9.10. The van der Waals surface area contributed by atoms with Crippen LogP contribution >= 0.6 is 15.9 Å². The van der Waals surface area contributed by atoms with Crippen molar-refractivity contribution in [1.82, 2.24) is 4.98 Å². The number of anilines is 1. The molecule has 2 heterocycles. The molecule has 1 aliphatic heterocycles. The highest BCUT2D eigenvalue weighted by atomic mass is 79.9. The molecule has 0 radical (unpaired) electrons. The molecule has 0 saturated carbocycles. The van der Waals surface area contributed by atoms with Gasteiger partial charge in [-0.1, -0.05) is 0 Å². The number of carbonyl (C=O) groups is 1. The fourth-order valence-electron chi connectivity index (χ4n) is 2.14. The molecule has 1 aromatic heterocycles. The van der Waals surface area contributed by atoms with Gasteiger partial charge in [-0.2, -0.15) is 0 Å². The van der Waals surface area contributed by atoms with Gasteiger partial charge in [0, 0.05) is 37.3 Å². The Balaban J connectivity index is 1.96. The van der Waals surface area contributed by atoms with Gasteiger partial charge in [-0.3, -0.25) is 4.79 Å². The van der Waals surface area contributed by atoms with E-state index in [1.807, 2.05) is 19.1 Å². The van der Waals surface area contributed by atoms with Gasteiger partial charge < -0.3 is 9.64 Å². The maximum atomic E-state index is 10.9. The van der Waals surface area contributed by atoms with Gasteiger partial charge in [-0.25, -0.2) is 4.98 Å². The number of pyridine rings is 1. The topological polar surface area (TPSA) is 42.4 Å². The second kappa shape index (κ2) is 5.69. The zero-order valence-electron chi connectivity index (χ0n) is 10.6. The summed E-state index contributed by atoms with van der Waals surface area (Å²) >= 11 is 3.45. The first kappa shape index (κ1) is 13.3. The van der Waals surface area contributed by atoms with E-state index < -0.39 is 0 Å². The van der Waals surface area contributed by atoms with Crippen LogP contribution in [0.15, 0.2) is 16.6 Å². The molecule has 1 aliphatic rings. The quantitative estimate of drug-likeness (QED) is 0.787. The number of halogens is 1. The summed E-state index contributed by atoms with van der Waals surface area (Å²) < 4.78 is 6.25. The number of aromatic nitrogens is 1. The largest absolute Gasteiger partial charge is 0.462 e. The van der Waals surface area contributed by atoms with Gasteiger partial charge in [-0.15, -0.1) is 0 Å².